The molecule has 3 aromatic rings. The first-order chi connectivity index (χ1) is 12.7. The van der Waals surface area contributed by atoms with Gasteiger partial charge in [0.25, 0.3) is 0 Å². The lowest BCUT2D eigenvalue weighted by Crippen LogP contribution is -2.31. The number of fused-ring (bicyclic) bond motifs is 1. The predicted molar refractivity (Wildman–Crippen MR) is 99.5 cm³/mol. The van der Waals surface area contributed by atoms with Crippen molar-refractivity contribution in [1.29, 1.82) is 0 Å². The predicted octanol–water partition coefficient (Wildman–Crippen LogP) is 4.32. The number of carbonyl (C=O) groups is 1. The highest BCUT2D eigenvalue weighted by molar-refractivity contribution is 9.10. The normalized spacial score (nSPS) is 19.1. The molecule has 0 saturated heterocycles. The minimum atomic E-state index is -0.289. The Hall–Kier alpha value is -2.67. The van der Waals surface area contributed by atoms with E-state index in [1.807, 2.05) is 30.3 Å². The molecule has 26 heavy (non-hydrogen) atoms. The van der Waals surface area contributed by atoms with E-state index in [9.17, 15) is 4.79 Å². The van der Waals surface area contributed by atoms with Crippen LogP contribution in [0.15, 0.2) is 62.8 Å². The summed E-state index contributed by atoms with van der Waals surface area (Å²) in [5.41, 5.74) is 2.75. The number of hydrogen-bond donors (Lipinski definition) is 1. The molecule has 1 aromatic carbocycles. The Kier molecular flexibility index (Phi) is 3.56. The molecule has 2 aliphatic rings. The largest absolute Gasteiger partial charge is 0.461 e. The van der Waals surface area contributed by atoms with Crippen molar-refractivity contribution in [3.63, 3.8) is 0 Å². The van der Waals surface area contributed by atoms with Gasteiger partial charge in [0.1, 0.15) is 6.04 Å². The molecule has 0 unspecified atom stereocenters. The van der Waals surface area contributed by atoms with Gasteiger partial charge in [0.2, 0.25) is 11.8 Å². The van der Waals surface area contributed by atoms with E-state index >= 15 is 0 Å². The molecule has 1 N–H and O–H groups in total. The molecular formula is C19H15BrN4O2. The summed E-state index contributed by atoms with van der Waals surface area (Å²) in [4.78, 5) is 17.4. The summed E-state index contributed by atoms with van der Waals surface area (Å²) in [6, 6.07) is 11.3. The molecular weight excluding hydrogens is 396 g/mol. The third kappa shape index (κ3) is 2.42. The van der Waals surface area contributed by atoms with Crippen molar-refractivity contribution < 1.29 is 9.21 Å². The number of anilines is 1. The lowest BCUT2D eigenvalue weighted by molar-refractivity contribution is -0.116. The van der Waals surface area contributed by atoms with Crippen LogP contribution in [0.1, 0.15) is 30.9 Å². The standard InChI is InChI=1S/C19H15BrN4O2/c20-12-5-1-4-11(10-12)17-16-13(6-2-7-14(16)25)21-19-22-18(23-24(17)19)15-8-3-9-26-15/h1,3-5,8-10,17H,2,6-7H2,(H,21,22,23)/t17-/m0/s1. The molecule has 1 atom stereocenters. The minimum Gasteiger partial charge on any atom is -0.461 e. The Morgan fingerprint density at radius 1 is 1.23 bits per heavy atom. The van der Waals surface area contributed by atoms with E-state index in [4.69, 9.17) is 4.42 Å². The van der Waals surface area contributed by atoms with Gasteiger partial charge in [-0.1, -0.05) is 28.1 Å². The number of aromatic nitrogens is 3. The number of nitrogens with one attached hydrogen (secondary N) is 1. The first kappa shape index (κ1) is 15.6. The van der Waals surface area contributed by atoms with Crippen LogP contribution >= 0.6 is 15.9 Å². The SMILES string of the molecule is O=C1CCCC2=C1[C@H](c1cccc(Br)c1)n1nc(-c3ccco3)nc1N2. The van der Waals surface area contributed by atoms with Gasteiger partial charge in [-0.25, -0.2) is 4.68 Å². The number of Topliss-reactive ketones (excluding diaryl/α,β-unsaturated/α-hetero) is 1. The number of ketones is 1. The highest BCUT2D eigenvalue weighted by Gasteiger charge is 2.37. The third-order valence-corrected chi connectivity index (χ3v) is 5.27. The molecule has 1 aliphatic carbocycles. The van der Waals surface area contributed by atoms with E-state index in [-0.39, 0.29) is 11.8 Å². The molecule has 0 fully saturated rings. The van der Waals surface area contributed by atoms with Gasteiger partial charge in [0.15, 0.2) is 11.5 Å². The smallest absolute Gasteiger partial charge is 0.227 e. The molecule has 130 valence electrons. The van der Waals surface area contributed by atoms with Crippen LogP contribution in [-0.2, 0) is 4.79 Å². The van der Waals surface area contributed by atoms with Crippen molar-refractivity contribution in [2.24, 2.45) is 0 Å². The van der Waals surface area contributed by atoms with Crippen molar-refractivity contribution in [3.8, 4) is 11.6 Å². The molecule has 0 amide bonds. The van der Waals surface area contributed by atoms with Crippen LogP contribution in [0.3, 0.4) is 0 Å². The van der Waals surface area contributed by atoms with Crippen molar-refractivity contribution >= 4 is 27.7 Å². The third-order valence-electron chi connectivity index (χ3n) is 4.77. The van der Waals surface area contributed by atoms with Crippen LogP contribution < -0.4 is 5.32 Å². The number of rotatable bonds is 2. The number of benzene rings is 1. The molecule has 1 aliphatic heterocycles. The maximum Gasteiger partial charge on any atom is 0.227 e. The van der Waals surface area contributed by atoms with E-state index in [2.05, 4.69) is 31.3 Å². The summed E-state index contributed by atoms with van der Waals surface area (Å²) in [5.74, 6) is 1.91. The Bertz CT molecular complexity index is 1040. The van der Waals surface area contributed by atoms with Crippen LogP contribution in [0, 0.1) is 0 Å². The second-order valence-electron chi connectivity index (χ2n) is 6.43. The van der Waals surface area contributed by atoms with Gasteiger partial charge < -0.3 is 9.73 Å². The van der Waals surface area contributed by atoms with E-state index in [1.165, 1.54) is 0 Å². The number of nitrogens with zero attached hydrogens (tertiary/aromatic N) is 3. The average molecular weight is 411 g/mol. The lowest BCUT2D eigenvalue weighted by atomic mass is 9.85. The van der Waals surface area contributed by atoms with Crippen molar-refractivity contribution in [2.75, 3.05) is 5.32 Å². The van der Waals surface area contributed by atoms with Crippen LogP contribution in [0.2, 0.25) is 0 Å². The Labute approximate surface area is 158 Å². The molecule has 0 spiro atoms. The minimum absolute atomic E-state index is 0.171. The highest BCUT2D eigenvalue weighted by atomic mass is 79.9. The van der Waals surface area contributed by atoms with E-state index in [0.29, 0.717) is 24.0 Å². The van der Waals surface area contributed by atoms with Crippen molar-refractivity contribution in [3.05, 3.63) is 64.0 Å². The summed E-state index contributed by atoms with van der Waals surface area (Å²) in [6.45, 7) is 0. The number of allylic oxidation sites excluding steroid dienone is 2. The Morgan fingerprint density at radius 3 is 2.96 bits per heavy atom. The maximum atomic E-state index is 12.8. The van der Waals surface area contributed by atoms with Crippen molar-refractivity contribution in [2.45, 2.75) is 25.3 Å². The first-order valence-corrected chi connectivity index (χ1v) is 9.29. The molecule has 0 saturated carbocycles. The Morgan fingerprint density at radius 2 is 2.15 bits per heavy atom. The van der Waals surface area contributed by atoms with Gasteiger partial charge in [-0.05, 0) is 42.7 Å². The molecule has 2 aromatic heterocycles. The van der Waals surface area contributed by atoms with Crippen LogP contribution in [-0.4, -0.2) is 20.5 Å². The molecule has 0 radical (unpaired) electrons. The zero-order chi connectivity index (χ0) is 17.7. The molecule has 5 rings (SSSR count). The van der Waals surface area contributed by atoms with Gasteiger partial charge in [0.05, 0.1) is 6.26 Å². The average Bonchev–Trinajstić information content (AvgIpc) is 3.29. The number of furan rings is 1. The van der Waals surface area contributed by atoms with Crippen LogP contribution in [0.5, 0.6) is 0 Å². The fourth-order valence-corrected chi connectivity index (χ4v) is 4.07. The first-order valence-electron chi connectivity index (χ1n) is 8.50. The topological polar surface area (TPSA) is 73.0 Å². The van der Waals surface area contributed by atoms with Crippen LogP contribution in [0.25, 0.3) is 11.6 Å². The second-order valence-corrected chi connectivity index (χ2v) is 7.35. The van der Waals surface area contributed by atoms with E-state index in [1.54, 1.807) is 17.0 Å². The summed E-state index contributed by atoms with van der Waals surface area (Å²) >= 11 is 3.53. The van der Waals surface area contributed by atoms with Crippen molar-refractivity contribution in [1.82, 2.24) is 14.8 Å². The van der Waals surface area contributed by atoms with Crippen LogP contribution in [0.4, 0.5) is 5.95 Å². The summed E-state index contributed by atoms with van der Waals surface area (Å²) in [5, 5.41) is 7.97. The highest BCUT2D eigenvalue weighted by Crippen LogP contribution is 2.41. The van der Waals surface area contributed by atoms with E-state index in [0.717, 1.165) is 34.1 Å². The van der Waals surface area contributed by atoms with Gasteiger partial charge in [-0.15, -0.1) is 5.10 Å². The van der Waals surface area contributed by atoms with Gasteiger partial charge >= 0.3 is 0 Å². The number of hydrogen-bond acceptors (Lipinski definition) is 5. The zero-order valence-corrected chi connectivity index (χ0v) is 15.4. The number of carbonyl (C=O) groups excluding carboxylic acids is 1. The molecule has 0 bridgehead atoms. The fourth-order valence-electron chi connectivity index (χ4n) is 3.65. The molecule has 6 nitrogen and oxygen atoms in total. The fraction of sp³-hybridized carbons (Fsp3) is 0.211. The summed E-state index contributed by atoms with van der Waals surface area (Å²) in [6.07, 6.45) is 3.87. The van der Waals surface area contributed by atoms with E-state index < -0.39 is 0 Å². The summed E-state index contributed by atoms with van der Waals surface area (Å²) in [7, 11) is 0. The van der Waals surface area contributed by atoms with Gasteiger partial charge in [-0.2, -0.15) is 4.98 Å². The summed E-state index contributed by atoms with van der Waals surface area (Å²) < 4.78 is 8.20. The molecule has 7 heteroatoms. The number of halogens is 1. The molecule has 3 heterocycles. The Balaban J connectivity index is 1.71. The lowest BCUT2D eigenvalue weighted by Gasteiger charge is -2.32. The second kappa shape index (κ2) is 5.95. The maximum absolute atomic E-state index is 12.8. The zero-order valence-electron chi connectivity index (χ0n) is 13.8. The van der Waals surface area contributed by atoms with Gasteiger partial charge in [-0.3, -0.25) is 4.79 Å². The van der Waals surface area contributed by atoms with Gasteiger partial charge in [0, 0.05) is 22.2 Å². The quantitative estimate of drug-likeness (QED) is 0.680. The monoisotopic (exact) mass is 410 g/mol.